The fourth-order valence-electron chi connectivity index (χ4n) is 3.73. The van der Waals surface area contributed by atoms with E-state index in [4.69, 9.17) is 4.74 Å². The summed E-state index contributed by atoms with van der Waals surface area (Å²) in [5, 5.41) is 2.76. The summed E-state index contributed by atoms with van der Waals surface area (Å²) in [6, 6.07) is 16.1. The molecule has 0 aromatic heterocycles. The Bertz CT molecular complexity index is 1020. The zero-order valence-electron chi connectivity index (χ0n) is 15.8. The van der Waals surface area contributed by atoms with E-state index in [1.165, 1.54) is 0 Å². The highest BCUT2D eigenvalue weighted by atomic mass is 32.2. The van der Waals surface area contributed by atoms with E-state index in [1.807, 2.05) is 30.3 Å². The number of nitrogens with zero attached hydrogens (tertiary/aromatic N) is 1. The normalized spacial score (nSPS) is 22.3. The van der Waals surface area contributed by atoms with Gasteiger partial charge < -0.3 is 15.0 Å². The lowest BCUT2D eigenvalue weighted by Gasteiger charge is -2.31. The summed E-state index contributed by atoms with van der Waals surface area (Å²) in [5.41, 5.74) is 1.48. The number of sulfone groups is 1. The second-order valence-electron chi connectivity index (χ2n) is 7.36. The lowest BCUT2D eigenvalue weighted by atomic mass is 10.1. The standard InChI is InChI=1S/C21H22N2O5S/c24-20(12-19-21(25)22-17-8-4-5-9-18(17)28-19)23(13-15-6-2-1-3-7-15)16-10-11-29(26,27)14-16/h1-9,16,19H,10-14H2,(H,22,25)/t16-,19+/m0/s1. The molecule has 2 atom stereocenters. The van der Waals surface area contributed by atoms with Crippen LogP contribution in [0.4, 0.5) is 5.69 Å². The third-order valence-corrected chi connectivity index (χ3v) is 6.98. The maximum Gasteiger partial charge on any atom is 0.266 e. The molecule has 0 unspecified atom stereocenters. The fourth-order valence-corrected chi connectivity index (χ4v) is 5.46. The van der Waals surface area contributed by atoms with Crippen LogP contribution in [0.3, 0.4) is 0 Å². The van der Waals surface area contributed by atoms with Crippen molar-refractivity contribution < 1.29 is 22.7 Å². The van der Waals surface area contributed by atoms with Gasteiger partial charge in [0.1, 0.15) is 5.75 Å². The van der Waals surface area contributed by atoms with Gasteiger partial charge in [0, 0.05) is 12.6 Å². The third kappa shape index (κ3) is 4.42. The van der Waals surface area contributed by atoms with Crippen LogP contribution in [0.15, 0.2) is 54.6 Å². The van der Waals surface area contributed by atoms with E-state index in [-0.39, 0.29) is 29.7 Å². The highest BCUT2D eigenvalue weighted by molar-refractivity contribution is 7.91. The fraction of sp³-hybridized carbons (Fsp3) is 0.333. The van der Waals surface area contributed by atoms with Gasteiger partial charge in [-0.25, -0.2) is 8.42 Å². The Morgan fingerprint density at radius 2 is 1.83 bits per heavy atom. The number of ether oxygens (including phenoxy) is 1. The van der Waals surface area contributed by atoms with Crippen molar-refractivity contribution in [3.05, 3.63) is 60.2 Å². The van der Waals surface area contributed by atoms with Crippen LogP contribution in [0.5, 0.6) is 5.75 Å². The number of nitrogens with one attached hydrogen (secondary N) is 1. The molecule has 2 amide bonds. The van der Waals surface area contributed by atoms with Crippen molar-refractivity contribution in [2.75, 3.05) is 16.8 Å². The number of para-hydroxylation sites is 2. The first kappa shape index (κ1) is 19.4. The van der Waals surface area contributed by atoms with Gasteiger partial charge in [-0.1, -0.05) is 42.5 Å². The van der Waals surface area contributed by atoms with Crippen molar-refractivity contribution >= 4 is 27.3 Å². The van der Waals surface area contributed by atoms with Crippen molar-refractivity contribution in [2.45, 2.75) is 31.5 Å². The highest BCUT2D eigenvalue weighted by Crippen LogP contribution is 2.30. The SMILES string of the molecule is O=C1Nc2ccccc2O[C@@H]1CC(=O)N(Cc1ccccc1)[C@H]1CCS(=O)(=O)C1. The Hall–Kier alpha value is -2.87. The van der Waals surface area contributed by atoms with Crippen molar-refractivity contribution in [1.29, 1.82) is 0 Å². The highest BCUT2D eigenvalue weighted by Gasteiger charge is 2.37. The number of carbonyl (C=O) groups is 2. The molecule has 1 N–H and O–H groups in total. The minimum atomic E-state index is -3.15. The summed E-state index contributed by atoms with van der Waals surface area (Å²) in [6.07, 6.45) is -0.695. The molecule has 2 aromatic carbocycles. The van der Waals surface area contributed by atoms with Crippen molar-refractivity contribution in [2.24, 2.45) is 0 Å². The quantitative estimate of drug-likeness (QED) is 0.808. The summed E-state index contributed by atoms with van der Waals surface area (Å²) >= 11 is 0. The molecular formula is C21H22N2O5S. The van der Waals surface area contributed by atoms with Crippen molar-refractivity contribution in [3.63, 3.8) is 0 Å². The van der Waals surface area contributed by atoms with Crippen LogP contribution in [0.2, 0.25) is 0 Å². The average molecular weight is 414 g/mol. The Labute approximate surface area is 169 Å². The molecule has 2 aromatic rings. The monoisotopic (exact) mass is 414 g/mol. The first-order valence-corrected chi connectivity index (χ1v) is 11.3. The number of rotatable bonds is 5. The van der Waals surface area contributed by atoms with E-state index in [1.54, 1.807) is 29.2 Å². The minimum Gasteiger partial charge on any atom is -0.478 e. The summed E-state index contributed by atoms with van der Waals surface area (Å²) < 4.78 is 29.7. The predicted octanol–water partition coefficient (Wildman–Crippen LogP) is 1.99. The van der Waals surface area contributed by atoms with Crippen molar-refractivity contribution in [3.8, 4) is 5.75 Å². The second kappa shape index (κ2) is 7.87. The topological polar surface area (TPSA) is 92.8 Å². The smallest absolute Gasteiger partial charge is 0.266 e. The Balaban J connectivity index is 1.53. The van der Waals surface area contributed by atoms with E-state index in [0.717, 1.165) is 5.56 Å². The van der Waals surface area contributed by atoms with Gasteiger partial charge in [0.25, 0.3) is 5.91 Å². The van der Waals surface area contributed by atoms with Gasteiger partial charge in [-0.15, -0.1) is 0 Å². The summed E-state index contributed by atoms with van der Waals surface area (Å²) in [4.78, 5) is 27.1. The largest absolute Gasteiger partial charge is 0.478 e. The van der Waals surface area contributed by atoms with Gasteiger partial charge in [0.15, 0.2) is 15.9 Å². The zero-order valence-corrected chi connectivity index (χ0v) is 16.6. The number of amides is 2. The molecule has 7 nitrogen and oxygen atoms in total. The van der Waals surface area contributed by atoms with Crippen LogP contribution < -0.4 is 10.1 Å². The summed E-state index contributed by atoms with van der Waals surface area (Å²) in [5.74, 6) is -0.134. The Morgan fingerprint density at radius 3 is 2.55 bits per heavy atom. The number of benzene rings is 2. The Kier molecular flexibility index (Phi) is 5.27. The van der Waals surface area contributed by atoms with Crippen LogP contribution in [0.25, 0.3) is 0 Å². The Morgan fingerprint density at radius 1 is 1.10 bits per heavy atom. The van der Waals surface area contributed by atoms with Gasteiger partial charge in [0.2, 0.25) is 5.91 Å². The minimum absolute atomic E-state index is 0.0495. The summed E-state index contributed by atoms with van der Waals surface area (Å²) in [6.45, 7) is 0.296. The number of anilines is 1. The van der Waals surface area contributed by atoms with E-state index in [0.29, 0.717) is 24.4 Å². The van der Waals surface area contributed by atoms with E-state index < -0.39 is 22.0 Å². The first-order chi connectivity index (χ1) is 13.9. The van der Waals surface area contributed by atoms with Gasteiger partial charge in [-0.3, -0.25) is 9.59 Å². The molecule has 0 spiro atoms. The third-order valence-electron chi connectivity index (χ3n) is 5.23. The predicted molar refractivity (Wildman–Crippen MR) is 108 cm³/mol. The number of carbonyl (C=O) groups excluding carboxylic acids is 2. The lowest BCUT2D eigenvalue weighted by molar-refractivity contribution is -0.139. The lowest BCUT2D eigenvalue weighted by Crippen LogP contribution is -2.45. The van der Waals surface area contributed by atoms with E-state index in [9.17, 15) is 18.0 Å². The second-order valence-corrected chi connectivity index (χ2v) is 9.59. The molecule has 0 saturated carbocycles. The maximum absolute atomic E-state index is 13.1. The van der Waals surface area contributed by atoms with Crippen LogP contribution in [0, 0.1) is 0 Å². The van der Waals surface area contributed by atoms with Crippen LogP contribution >= 0.6 is 0 Å². The molecular weight excluding hydrogens is 392 g/mol. The van der Waals surface area contributed by atoms with Gasteiger partial charge in [0.05, 0.1) is 23.6 Å². The maximum atomic E-state index is 13.1. The van der Waals surface area contributed by atoms with E-state index >= 15 is 0 Å². The number of fused-ring (bicyclic) bond motifs is 1. The molecule has 1 saturated heterocycles. The molecule has 0 radical (unpaired) electrons. The van der Waals surface area contributed by atoms with Crippen LogP contribution in [-0.4, -0.2) is 48.8 Å². The van der Waals surface area contributed by atoms with Crippen LogP contribution in [-0.2, 0) is 26.0 Å². The number of hydrogen-bond acceptors (Lipinski definition) is 5. The molecule has 2 aliphatic heterocycles. The van der Waals surface area contributed by atoms with E-state index in [2.05, 4.69) is 5.32 Å². The molecule has 0 aliphatic carbocycles. The van der Waals surface area contributed by atoms with Gasteiger partial charge >= 0.3 is 0 Å². The molecule has 152 valence electrons. The molecule has 1 fully saturated rings. The molecule has 8 heteroatoms. The molecule has 4 rings (SSSR count). The zero-order chi connectivity index (χ0) is 20.4. The number of hydrogen-bond donors (Lipinski definition) is 1. The molecule has 2 aliphatic rings. The molecule has 2 heterocycles. The summed E-state index contributed by atoms with van der Waals surface area (Å²) in [7, 11) is -3.15. The first-order valence-electron chi connectivity index (χ1n) is 9.52. The molecule has 29 heavy (non-hydrogen) atoms. The molecule has 0 bridgehead atoms. The van der Waals surface area contributed by atoms with Gasteiger partial charge in [-0.05, 0) is 24.1 Å². The average Bonchev–Trinajstić information content (AvgIpc) is 3.07. The van der Waals surface area contributed by atoms with Crippen LogP contribution in [0.1, 0.15) is 18.4 Å². The van der Waals surface area contributed by atoms with Gasteiger partial charge in [-0.2, -0.15) is 0 Å². The van der Waals surface area contributed by atoms with Crippen molar-refractivity contribution in [1.82, 2.24) is 4.90 Å².